The molecule has 0 aliphatic carbocycles. The Morgan fingerprint density at radius 1 is 0.381 bits per heavy atom. The standard InChI is InChI=1S/C15H28S2.C15H20S2.C9H14S.C7H10S.C7H9S.C5H6S.C5H5S.2C3H8.2CH3.4Li/c2*1-3-12-7-5-9-14(16-12)11-15-10-6-8-13(4-2)17-15;1-3-8-6-5-7-9(4-2)10-8;2*1-2-7-5-3-4-6-8-7;2*1-2-4-6-5-3-1;2*1-3-2;;;;;;/h12-15H,3-11H2,1-2H3;7-10H,3-6,11H2,1-2H3;6-7H,3-5H2,1-2H3;4-6H,2-3H2,1H3;4-5H,2-3H2,1H3;2-5H,1H2;2-4H,1H2;2*3H2,1-2H3;2*1H3;;;;/q;;;;-1;;-1;;;2*-1;4*+1. The monoisotopic (exact) mass is 1280 g/mol. The van der Waals surface area contributed by atoms with E-state index in [2.05, 4.69) is 213 Å². The van der Waals surface area contributed by atoms with Crippen LogP contribution in [0.3, 0.4) is 0 Å². The summed E-state index contributed by atoms with van der Waals surface area (Å²) in [5, 5.41) is 18.4. The maximum Gasteiger partial charge on any atom is 1.00 e. The van der Waals surface area contributed by atoms with Crippen molar-refractivity contribution in [2.45, 2.75) is 265 Å². The molecule has 9 rings (SSSR count). The van der Waals surface area contributed by atoms with Gasteiger partial charge in [-0.15, -0.1) is 23.5 Å². The Morgan fingerprint density at radius 3 is 1.02 bits per heavy atom. The fourth-order valence-corrected chi connectivity index (χ4v) is 17.2. The van der Waals surface area contributed by atoms with Crippen molar-refractivity contribution in [3.05, 3.63) is 172 Å². The third kappa shape index (κ3) is 53.4. The number of hydrogen-bond donors (Lipinski definition) is 0. The maximum atomic E-state index is 3.11. The Hall–Kier alpha value is 1.90. The molecule has 456 valence electrons. The van der Waals surface area contributed by atoms with Crippen LogP contribution in [0.25, 0.3) is 0 Å². The first kappa shape index (κ1) is 97.0. The van der Waals surface area contributed by atoms with Crippen LogP contribution in [0.5, 0.6) is 0 Å². The van der Waals surface area contributed by atoms with Gasteiger partial charge in [0.05, 0.1) is 0 Å². The van der Waals surface area contributed by atoms with Gasteiger partial charge >= 0.3 is 75.4 Å². The minimum Gasteiger partial charge on any atom is -0.432 e. The zero-order chi connectivity index (χ0) is 57.1. The molecule has 0 radical (unpaired) electrons. The topological polar surface area (TPSA) is 0 Å². The molecule has 9 aliphatic heterocycles. The van der Waals surface area contributed by atoms with Gasteiger partial charge in [0, 0.05) is 27.4 Å². The summed E-state index contributed by atoms with van der Waals surface area (Å²) >= 11 is 17.5. The molecule has 0 bridgehead atoms. The molecule has 13 heteroatoms. The van der Waals surface area contributed by atoms with Crippen LogP contribution >= 0.6 is 106 Å². The summed E-state index contributed by atoms with van der Waals surface area (Å²) in [4.78, 5) is 12.2. The third-order valence-electron chi connectivity index (χ3n) is 12.3. The number of allylic oxidation sites excluding steroid dienone is 22. The van der Waals surface area contributed by atoms with E-state index < -0.39 is 0 Å². The summed E-state index contributed by atoms with van der Waals surface area (Å²) in [6, 6.07) is 0. The zero-order valence-corrected chi connectivity index (χ0v) is 64.4. The van der Waals surface area contributed by atoms with Crippen molar-refractivity contribution in [1.29, 1.82) is 0 Å². The minimum atomic E-state index is 0. The van der Waals surface area contributed by atoms with Crippen LogP contribution in [0.1, 0.15) is 244 Å². The molecule has 84 heavy (non-hydrogen) atoms. The van der Waals surface area contributed by atoms with Gasteiger partial charge in [0.2, 0.25) is 0 Å². The average molecular weight is 1280 g/mol. The molecule has 0 nitrogen and oxygen atoms in total. The Balaban J connectivity index is -0.000000212. The smallest absolute Gasteiger partial charge is 0.432 e. The van der Waals surface area contributed by atoms with E-state index in [0.29, 0.717) is 0 Å². The molecule has 0 amide bonds. The zero-order valence-electron chi connectivity index (χ0n) is 57.1. The van der Waals surface area contributed by atoms with Crippen molar-refractivity contribution >= 4 is 106 Å². The molecule has 0 aromatic heterocycles. The van der Waals surface area contributed by atoms with E-state index in [1.165, 1.54) is 122 Å². The largest absolute Gasteiger partial charge is 1.00 e. The summed E-state index contributed by atoms with van der Waals surface area (Å²) in [7, 11) is 0. The molecule has 9 heterocycles. The summed E-state index contributed by atoms with van der Waals surface area (Å²) in [5.74, 6) is 0. The van der Waals surface area contributed by atoms with Gasteiger partial charge in [0.1, 0.15) is 0 Å². The normalized spacial score (nSPS) is 20.8. The molecule has 0 saturated carbocycles. The summed E-state index contributed by atoms with van der Waals surface area (Å²) in [6.07, 6.45) is 63.1. The Labute approximate surface area is 610 Å². The van der Waals surface area contributed by atoms with E-state index in [1.807, 2.05) is 58.5 Å². The van der Waals surface area contributed by atoms with E-state index in [1.54, 1.807) is 54.9 Å². The van der Waals surface area contributed by atoms with Crippen LogP contribution < -0.4 is 75.4 Å². The van der Waals surface area contributed by atoms with E-state index in [0.717, 1.165) is 78.8 Å². The fraction of sp³-hybridized carbons (Fsp3) is 0.577. The summed E-state index contributed by atoms with van der Waals surface area (Å²) in [5.41, 5.74) is 0. The van der Waals surface area contributed by atoms with Crippen molar-refractivity contribution in [2.75, 3.05) is 0 Å². The van der Waals surface area contributed by atoms with Gasteiger partial charge in [-0.2, -0.15) is 23.5 Å². The van der Waals surface area contributed by atoms with E-state index in [-0.39, 0.29) is 90.3 Å². The Morgan fingerprint density at radius 2 is 0.750 bits per heavy atom. The third-order valence-corrected chi connectivity index (χ3v) is 23.3. The van der Waals surface area contributed by atoms with Crippen LogP contribution in [0.2, 0.25) is 0 Å². The molecular formula is C71H114Li4S9. The molecule has 4 unspecified atom stereocenters. The molecule has 0 aromatic carbocycles. The van der Waals surface area contributed by atoms with Crippen LogP contribution in [0.4, 0.5) is 0 Å². The van der Waals surface area contributed by atoms with Crippen molar-refractivity contribution in [2.24, 2.45) is 0 Å². The second-order valence-electron chi connectivity index (χ2n) is 19.3. The van der Waals surface area contributed by atoms with Gasteiger partial charge in [-0.25, -0.2) is 0 Å². The van der Waals surface area contributed by atoms with Gasteiger partial charge in [-0.3, -0.25) is 12.2 Å². The minimum absolute atomic E-state index is 0. The van der Waals surface area contributed by atoms with Gasteiger partial charge in [0.15, 0.2) is 0 Å². The molecule has 2 fully saturated rings. The number of hydrogen-bond acceptors (Lipinski definition) is 9. The quantitative estimate of drug-likeness (QED) is 0.137. The first-order valence-corrected chi connectivity index (χ1v) is 38.3. The number of rotatable bonds is 12. The summed E-state index contributed by atoms with van der Waals surface area (Å²) in [6.45, 7) is 26.5. The maximum absolute atomic E-state index is 3.11. The molecule has 0 aromatic rings. The van der Waals surface area contributed by atoms with Crippen molar-refractivity contribution in [3.63, 3.8) is 0 Å². The first-order valence-electron chi connectivity index (χ1n) is 30.4. The molecular weight excluding hydrogens is 1170 g/mol. The molecule has 4 atom stereocenters. The predicted octanol–water partition coefficient (Wildman–Crippen LogP) is 16.7. The SMILES string of the molecule is C1=CSC=CC1.CCC.CCC.CCC1=CCC=C(CC)S1.CCC1=CCC=C(CC2=CCC=C(CC)S2)S1.CCC1=CCC=CS1.CCC1=CCC=[C-]S1.CCC1CCCC(CC2CCCC(CC)S2)S1.[C-]1=CCC=CS1.[CH3-].[CH3-].[Li+].[Li+].[Li+].[Li+]. The van der Waals surface area contributed by atoms with Gasteiger partial charge in [0.25, 0.3) is 0 Å². The van der Waals surface area contributed by atoms with Crippen molar-refractivity contribution < 1.29 is 75.4 Å². The van der Waals surface area contributed by atoms with Crippen LogP contribution in [0, 0.1) is 25.7 Å². The van der Waals surface area contributed by atoms with Gasteiger partial charge in [-0.05, 0) is 179 Å². The van der Waals surface area contributed by atoms with E-state index in [4.69, 9.17) is 0 Å². The Kier molecular flexibility index (Phi) is 81.7. The molecule has 9 aliphatic rings. The van der Waals surface area contributed by atoms with Crippen LogP contribution in [-0.2, 0) is 0 Å². The van der Waals surface area contributed by atoms with E-state index >= 15 is 0 Å². The van der Waals surface area contributed by atoms with Crippen LogP contribution in [-0.4, -0.2) is 21.0 Å². The second kappa shape index (κ2) is 70.8. The summed E-state index contributed by atoms with van der Waals surface area (Å²) < 4.78 is 0. The fourth-order valence-electron chi connectivity index (χ4n) is 8.11. The van der Waals surface area contributed by atoms with Crippen molar-refractivity contribution in [1.82, 2.24) is 0 Å². The van der Waals surface area contributed by atoms with E-state index in [9.17, 15) is 0 Å². The first-order chi connectivity index (χ1) is 38.2. The van der Waals surface area contributed by atoms with Crippen LogP contribution in [0.15, 0.2) is 146 Å². The van der Waals surface area contributed by atoms with Gasteiger partial charge in [-0.1, -0.05) is 227 Å². The predicted molar refractivity (Wildman–Crippen MR) is 397 cm³/mol. The number of thioether (sulfide) groups is 9. The molecule has 0 N–H and O–H groups in total. The molecule has 2 saturated heterocycles. The van der Waals surface area contributed by atoms with Gasteiger partial charge < -0.3 is 49.2 Å². The van der Waals surface area contributed by atoms with Crippen molar-refractivity contribution in [3.8, 4) is 0 Å². The Bertz CT molecular complexity index is 1810. The second-order valence-corrected chi connectivity index (χ2v) is 29.8. The average Bonchev–Trinajstić information content (AvgIpc) is 3.52. The molecule has 0 spiro atoms.